The molecular formula is C20H31N5O8S. The monoisotopic (exact) mass is 501 g/mol. The first-order chi connectivity index (χ1) is 16.2. The third-order valence-electron chi connectivity index (χ3n) is 4.67. The van der Waals surface area contributed by atoms with E-state index in [9.17, 15) is 28.8 Å². The third-order valence-corrected chi connectivity index (χ3v) is 5.41. The average molecular weight is 502 g/mol. The molecule has 0 saturated carbocycles. The minimum Gasteiger partial charge on any atom is -0.453 e. The van der Waals surface area contributed by atoms with Crippen molar-refractivity contribution >= 4 is 47.6 Å². The molecule has 1 aliphatic heterocycles. The summed E-state index contributed by atoms with van der Waals surface area (Å²) in [6.07, 6.45) is 2.96. The van der Waals surface area contributed by atoms with Crippen LogP contribution < -0.4 is 21.3 Å². The van der Waals surface area contributed by atoms with Gasteiger partial charge in [0.2, 0.25) is 11.8 Å². The fourth-order valence-corrected chi connectivity index (χ4v) is 3.36. The summed E-state index contributed by atoms with van der Waals surface area (Å²) in [5.74, 6) is -1.69. The van der Waals surface area contributed by atoms with Gasteiger partial charge in [-0.1, -0.05) is 0 Å². The van der Waals surface area contributed by atoms with E-state index < -0.39 is 35.9 Å². The molecule has 1 unspecified atom stereocenters. The molecule has 0 bridgehead atoms. The first-order valence-electron chi connectivity index (χ1n) is 10.6. The van der Waals surface area contributed by atoms with E-state index in [1.54, 1.807) is 6.26 Å². The fourth-order valence-electron chi connectivity index (χ4n) is 2.86. The summed E-state index contributed by atoms with van der Waals surface area (Å²) in [6, 6.07) is -0.855. The van der Waals surface area contributed by atoms with Crippen LogP contribution >= 0.6 is 11.8 Å². The van der Waals surface area contributed by atoms with E-state index in [4.69, 9.17) is 0 Å². The zero-order valence-corrected chi connectivity index (χ0v) is 20.2. The molecule has 1 atom stereocenters. The van der Waals surface area contributed by atoms with Gasteiger partial charge in [-0.15, -0.1) is 11.8 Å². The van der Waals surface area contributed by atoms with Gasteiger partial charge in [-0.05, 0) is 25.5 Å². The molecule has 34 heavy (non-hydrogen) atoms. The van der Waals surface area contributed by atoms with Crippen LogP contribution in [-0.2, 0) is 28.7 Å². The van der Waals surface area contributed by atoms with Crippen LogP contribution in [0.25, 0.3) is 0 Å². The highest BCUT2D eigenvalue weighted by Gasteiger charge is 2.30. The van der Waals surface area contributed by atoms with Crippen LogP contribution in [0.5, 0.6) is 0 Å². The number of nitrogens with one attached hydrogen (secondary N) is 4. The van der Waals surface area contributed by atoms with Crippen molar-refractivity contribution in [3.63, 3.8) is 0 Å². The molecule has 190 valence electrons. The minimum absolute atomic E-state index is 0.0353. The normalized spacial score (nSPS) is 13.6. The summed E-state index contributed by atoms with van der Waals surface area (Å²) >= 11 is 1.17. The first-order valence-corrected chi connectivity index (χ1v) is 11.8. The molecule has 0 fully saturated rings. The lowest BCUT2D eigenvalue weighted by molar-refractivity contribution is -0.137. The maximum Gasteiger partial charge on any atom is 0.407 e. The van der Waals surface area contributed by atoms with Crippen molar-refractivity contribution in [1.29, 1.82) is 0 Å². The molecule has 14 heteroatoms. The van der Waals surface area contributed by atoms with E-state index in [0.717, 1.165) is 4.90 Å². The average Bonchev–Trinajstić information content (AvgIpc) is 3.10. The maximum absolute atomic E-state index is 12.4. The molecule has 0 spiro atoms. The number of rotatable bonds is 14. The molecule has 0 aromatic carbocycles. The summed E-state index contributed by atoms with van der Waals surface area (Å²) in [5, 5.41) is 10.2. The Morgan fingerprint density at radius 1 is 0.971 bits per heavy atom. The lowest BCUT2D eigenvalue weighted by atomic mass is 10.1. The van der Waals surface area contributed by atoms with Gasteiger partial charge in [0, 0.05) is 38.7 Å². The van der Waals surface area contributed by atoms with Crippen LogP contribution in [-0.4, -0.2) is 93.4 Å². The van der Waals surface area contributed by atoms with Crippen LogP contribution in [0.3, 0.4) is 0 Å². The van der Waals surface area contributed by atoms with E-state index in [2.05, 4.69) is 30.7 Å². The highest BCUT2D eigenvalue weighted by molar-refractivity contribution is 8.03. The molecule has 1 rings (SSSR count). The fraction of sp³-hybridized carbons (Fsp3) is 0.600. The number of imide groups is 1. The summed E-state index contributed by atoms with van der Waals surface area (Å²) in [6.45, 7) is 0.545. The predicted octanol–water partition coefficient (Wildman–Crippen LogP) is -0.524. The Morgan fingerprint density at radius 3 is 2.26 bits per heavy atom. The number of alkyl carbamates (subject to hydrolysis) is 2. The largest absolute Gasteiger partial charge is 0.453 e. The SMILES string of the molecule is COC(=O)NCCCCC(NC(=O)OC)C(=O)NCCNC(=O)CCN1C(=O)C=C(SC)C1=O. The number of hydrogen-bond acceptors (Lipinski definition) is 9. The predicted molar refractivity (Wildman–Crippen MR) is 123 cm³/mol. The van der Waals surface area contributed by atoms with Crippen molar-refractivity contribution in [2.75, 3.05) is 46.7 Å². The van der Waals surface area contributed by atoms with Crippen molar-refractivity contribution in [2.24, 2.45) is 0 Å². The zero-order chi connectivity index (χ0) is 25.5. The van der Waals surface area contributed by atoms with Gasteiger partial charge in [-0.25, -0.2) is 9.59 Å². The number of hydrogen-bond donors (Lipinski definition) is 4. The van der Waals surface area contributed by atoms with E-state index in [0.29, 0.717) is 30.7 Å². The second-order valence-electron chi connectivity index (χ2n) is 7.00. The number of unbranched alkanes of at least 4 members (excludes halogenated alkanes) is 1. The number of carbonyl (C=O) groups is 6. The van der Waals surface area contributed by atoms with Crippen LogP contribution in [0.2, 0.25) is 0 Å². The highest BCUT2D eigenvalue weighted by Crippen LogP contribution is 2.21. The van der Waals surface area contributed by atoms with Gasteiger partial charge in [0.25, 0.3) is 11.8 Å². The number of nitrogens with zero attached hydrogens (tertiary/aromatic N) is 1. The number of amides is 6. The molecule has 0 aliphatic carbocycles. The second kappa shape index (κ2) is 15.5. The van der Waals surface area contributed by atoms with Gasteiger partial charge in [-0.3, -0.25) is 24.1 Å². The maximum atomic E-state index is 12.4. The molecule has 1 aliphatic rings. The Labute approximate surface area is 201 Å². The summed E-state index contributed by atoms with van der Waals surface area (Å²) in [7, 11) is 2.44. The van der Waals surface area contributed by atoms with Crippen molar-refractivity contribution in [3.05, 3.63) is 11.0 Å². The molecule has 13 nitrogen and oxygen atoms in total. The van der Waals surface area contributed by atoms with Gasteiger partial charge in [0.05, 0.1) is 19.1 Å². The molecule has 0 saturated heterocycles. The van der Waals surface area contributed by atoms with Crippen molar-refractivity contribution < 1.29 is 38.2 Å². The molecule has 6 amide bonds. The Morgan fingerprint density at radius 2 is 1.65 bits per heavy atom. The lowest BCUT2D eigenvalue weighted by Crippen LogP contribution is -2.48. The summed E-state index contributed by atoms with van der Waals surface area (Å²) in [5.41, 5.74) is 0. The molecular weight excluding hydrogens is 470 g/mol. The van der Waals surface area contributed by atoms with E-state index in [1.165, 1.54) is 32.1 Å². The zero-order valence-electron chi connectivity index (χ0n) is 19.4. The summed E-state index contributed by atoms with van der Waals surface area (Å²) in [4.78, 5) is 72.1. The van der Waals surface area contributed by atoms with Gasteiger partial charge < -0.3 is 30.7 Å². The molecule has 0 aromatic heterocycles. The van der Waals surface area contributed by atoms with Crippen LogP contribution in [0.4, 0.5) is 9.59 Å². The van der Waals surface area contributed by atoms with Crippen LogP contribution in [0, 0.1) is 0 Å². The van der Waals surface area contributed by atoms with E-state index in [1.807, 2.05) is 0 Å². The third kappa shape index (κ3) is 10.1. The van der Waals surface area contributed by atoms with Crippen LogP contribution in [0.1, 0.15) is 25.7 Å². The quantitative estimate of drug-likeness (QED) is 0.180. The Kier molecular flexibility index (Phi) is 13.1. The van der Waals surface area contributed by atoms with Gasteiger partial charge in [0.1, 0.15) is 6.04 Å². The van der Waals surface area contributed by atoms with Gasteiger partial charge in [-0.2, -0.15) is 0 Å². The van der Waals surface area contributed by atoms with Gasteiger partial charge >= 0.3 is 12.2 Å². The number of carbonyl (C=O) groups excluding carboxylic acids is 6. The second-order valence-corrected chi connectivity index (χ2v) is 7.85. The van der Waals surface area contributed by atoms with E-state index >= 15 is 0 Å². The van der Waals surface area contributed by atoms with Crippen molar-refractivity contribution in [1.82, 2.24) is 26.2 Å². The van der Waals surface area contributed by atoms with Crippen molar-refractivity contribution in [2.45, 2.75) is 31.7 Å². The summed E-state index contributed by atoms with van der Waals surface area (Å²) < 4.78 is 9.00. The van der Waals surface area contributed by atoms with Crippen molar-refractivity contribution in [3.8, 4) is 0 Å². The standard InChI is InChI=1S/C20H31N5O8S/c1-32-19(30)23-8-5-4-6-13(24-20(31)33-2)17(28)22-10-9-21-15(26)7-11-25-16(27)12-14(34-3)18(25)29/h12-13H,4-11H2,1-3H3,(H,21,26)(H,22,28)(H,23,30)(H,24,31). The first kappa shape index (κ1) is 28.7. The van der Waals surface area contributed by atoms with Crippen LogP contribution in [0.15, 0.2) is 11.0 Å². The molecule has 4 N–H and O–H groups in total. The minimum atomic E-state index is -0.855. The topological polar surface area (TPSA) is 172 Å². The molecule has 1 heterocycles. The molecule has 0 aromatic rings. The Balaban J connectivity index is 2.33. The Hall–Kier alpha value is -3.29. The Bertz CT molecular complexity index is 804. The lowest BCUT2D eigenvalue weighted by Gasteiger charge is -2.18. The smallest absolute Gasteiger partial charge is 0.407 e. The van der Waals surface area contributed by atoms with E-state index in [-0.39, 0.29) is 32.0 Å². The number of thioether (sulfide) groups is 1. The van der Waals surface area contributed by atoms with Gasteiger partial charge in [0.15, 0.2) is 0 Å². The number of ether oxygens (including phenoxy) is 2. The highest BCUT2D eigenvalue weighted by atomic mass is 32.2. The number of methoxy groups -OCH3 is 2. The molecule has 0 radical (unpaired) electrons.